The van der Waals surface area contributed by atoms with Gasteiger partial charge in [0.25, 0.3) is 0 Å². The molecule has 0 spiro atoms. The van der Waals surface area contributed by atoms with Crippen molar-refractivity contribution < 1.29 is 14.3 Å². The molecule has 2 aromatic rings. The first-order chi connectivity index (χ1) is 13.6. The first-order valence-corrected chi connectivity index (χ1v) is 9.74. The number of rotatable bonds is 8. The van der Waals surface area contributed by atoms with E-state index in [0.717, 1.165) is 38.5 Å². The van der Waals surface area contributed by atoms with Gasteiger partial charge in [-0.1, -0.05) is 0 Å². The van der Waals surface area contributed by atoms with E-state index in [-0.39, 0.29) is 11.7 Å². The summed E-state index contributed by atoms with van der Waals surface area (Å²) in [7, 11) is 0. The minimum Gasteiger partial charge on any atom is -0.494 e. The number of carbonyl (C=O) groups is 2. The van der Waals surface area contributed by atoms with E-state index in [4.69, 9.17) is 4.74 Å². The average molecular weight is 381 g/mol. The standard InChI is InChI=1S/C22H27N3O3/c1-18(26)20-4-6-21(7-5-20)28-16-2-3-22(27)25-14-12-24(13-15-25)17-19-8-10-23-11-9-19/h4-11H,2-3,12-17H2,1H3. The van der Waals surface area contributed by atoms with Gasteiger partial charge >= 0.3 is 0 Å². The van der Waals surface area contributed by atoms with E-state index in [9.17, 15) is 9.59 Å². The summed E-state index contributed by atoms with van der Waals surface area (Å²) < 4.78 is 5.67. The van der Waals surface area contributed by atoms with Gasteiger partial charge in [-0.3, -0.25) is 19.5 Å². The van der Waals surface area contributed by atoms with Crippen LogP contribution in [0.4, 0.5) is 0 Å². The molecule has 148 valence electrons. The van der Waals surface area contributed by atoms with Gasteiger partial charge in [-0.05, 0) is 55.3 Å². The number of ether oxygens (including phenoxy) is 1. The van der Waals surface area contributed by atoms with Crippen molar-refractivity contribution in [1.29, 1.82) is 0 Å². The normalized spacial score (nSPS) is 14.7. The van der Waals surface area contributed by atoms with Crippen LogP contribution >= 0.6 is 0 Å². The number of hydrogen-bond acceptors (Lipinski definition) is 5. The molecule has 0 unspecified atom stereocenters. The quantitative estimate of drug-likeness (QED) is 0.520. The highest BCUT2D eigenvalue weighted by Crippen LogP contribution is 2.14. The molecule has 0 bridgehead atoms. The Bertz CT molecular complexity index is 769. The van der Waals surface area contributed by atoms with Crippen LogP contribution < -0.4 is 4.74 Å². The van der Waals surface area contributed by atoms with Gasteiger partial charge in [-0.25, -0.2) is 0 Å². The summed E-state index contributed by atoms with van der Waals surface area (Å²) in [4.78, 5) is 32.0. The minimum atomic E-state index is 0.0398. The van der Waals surface area contributed by atoms with Gasteiger partial charge in [-0.2, -0.15) is 0 Å². The van der Waals surface area contributed by atoms with Gasteiger partial charge in [0.1, 0.15) is 5.75 Å². The molecule has 1 saturated heterocycles. The van der Waals surface area contributed by atoms with Crippen molar-refractivity contribution in [3.8, 4) is 5.75 Å². The van der Waals surface area contributed by atoms with E-state index in [1.165, 1.54) is 5.56 Å². The Balaban J connectivity index is 1.33. The highest BCUT2D eigenvalue weighted by atomic mass is 16.5. The molecule has 1 fully saturated rings. The lowest BCUT2D eigenvalue weighted by molar-refractivity contribution is -0.133. The van der Waals surface area contributed by atoms with Crippen LogP contribution in [0.25, 0.3) is 0 Å². The Hall–Kier alpha value is -2.73. The fraction of sp³-hybridized carbons (Fsp3) is 0.409. The van der Waals surface area contributed by atoms with E-state index in [1.807, 2.05) is 29.4 Å². The molecule has 1 amide bonds. The van der Waals surface area contributed by atoms with E-state index >= 15 is 0 Å². The summed E-state index contributed by atoms with van der Waals surface area (Å²) >= 11 is 0. The zero-order valence-electron chi connectivity index (χ0n) is 16.3. The van der Waals surface area contributed by atoms with Crippen molar-refractivity contribution in [3.63, 3.8) is 0 Å². The SMILES string of the molecule is CC(=O)c1ccc(OCCCC(=O)N2CCN(Cc3ccncc3)CC2)cc1. The molecule has 1 aromatic heterocycles. The summed E-state index contributed by atoms with van der Waals surface area (Å²) in [6, 6.07) is 11.2. The van der Waals surface area contributed by atoms with Crippen molar-refractivity contribution >= 4 is 11.7 Å². The molecule has 0 N–H and O–H groups in total. The molecule has 2 heterocycles. The molecule has 0 aliphatic carbocycles. The molecule has 6 heteroatoms. The fourth-order valence-corrected chi connectivity index (χ4v) is 3.26. The largest absolute Gasteiger partial charge is 0.494 e. The third kappa shape index (κ3) is 5.89. The Kier molecular flexibility index (Phi) is 7.14. The maximum absolute atomic E-state index is 12.4. The molecule has 0 radical (unpaired) electrons. The van der Waals surface area contributed by atoms with Crippen LogP contribution in [0.3, 0.4) is 0 Å². The number of aromatic nitrogens is 1. The molecule has 1 aliphatic rings. The number of nitrogens with zero attached hydrogens (tertiary/aromatic N) is 3. The molecule has 0 saturated carbocycles. The smallest absolute Gasteiger partial charge is 0.222 e. The maximum Gasteiger partial charge on any atom is 0.222 e. The highest BCUT2D eigenvalue weighted by Gasteiger charge is 2.20. The molecular formula is C22H27N3O3. The van der Waals surface area contributed by atoms with E-state index in [1.54, 1.807) is 31.2 Å². The Morgan fingerprint density at radius 1 is 1.00 bits per heavy atom. The van der Waals surface area contributed by atoms with Gasteiger partial charge < -0.3 is 9.64 Å². The van der Waals surface area contributed by atoms with Crippen LogP contribution in [0.5, 0.6) is 5.75 Å². The Morgan fingerprint density at radius 3 is 2.32 bits per heavy atom. The van der Waals surface area contributed by atoms with Gasteiger partial charge in [0, 0.05) is 57.1 Å². The summed E-state index contributed by atoms with van der Waals surface area (Å²) in [5.74, 6) is 0.958. The number of Topliss-reactive ketones (excluding diaryl/α,β-unsaturated/α-hetero) is 1. The first-order valence-electron chi connectivity index (χ1n) is 9.74. The van der Waals surface area contributed by atoms with Gasteiger partial charge in [0.2, 0.25) is 5.91 Å². The third-order valence-corrected chi connectivity index (χ3v) is 4.95. The van der Waals surface area contributed by atoms with Gasteiger partial charge in [0.15, 0.2) is 5.78 Å². The lowest BCUT2D eigenvalue weighted by Gasteiger charge is -2.34. The van der Waals surface area contributed by atoms with Crippen LogP contribution in [-0.2, 0) is 11.3 Å². The number of ketones is 1. The number of amides is 1. The summed E-state index contributed by atoms with van der Waals surface area (Å²) in [5.41, 5.74) is 1.92. The number of carbonyl (C=O) groups excluding carboxylic acids is 2. The van der Waals surface area contributed by atoms with Crippen molar-refractivity contribution in [3.05, 3.63) is 59.9 Å². The van der Waals surface area contributed by atoms with Crippen molar-refractivity contribution in [2.24, 2.45) is 0 Å². The van der Waals surface area contributed by atoms with Gasteiger partial charge in [-0.15, -0.1) is 0 Å². The second kappa shape index (κ2) is 9.99. The molecule has 6 nitrogen and oxygen atoms in total. The third-order valence-electron chi connectivity index (χ3n) is 4.95. The van der Waals surface area contributed by atoms with Gasteiger partial charge in [0.05, 0.1) is 6.61 Å². The summed E-state index contributed by atoms with van der Waals surface area (Å²) in [5, 5.41) is 0. The second-order valence-corrected chi connectivity index (χ2v) is 7.04. The van der Waals surface area contributed by atoms with Crippen LogP contribution in [0, 0.1) is 0 Å². The summed E-state index contributed by atoms with van der Waals surface area (Å²) in [6.45, 7) is 6.28. The number of piperazine rings is 1. The molecule has 3 rings (SSSR count). The number of pyridine rings is 1. The van der Waals surface area contributed by atoms with Crippen LogP contribution in [0.2, 0.25) is 0 Å². The van der Waals surface area contributed by atoms with E-state index in [2.05, 4.69) is 9.88 Å². The van der Waals surface area contributed by atoms with E-state index < -0.39 is 0 Å². The predicted molar refractivity (Wildman–Crippen MR) is 107 cm³/mol. The zero-order chi connectivity index (χ0) is 19.8. The highest BCUT2D eigenvalue weighted by molar-refractivity contribution is 5.94. The molecule has 28 heavy (non-hydrogen) atoms. The predicted octanol–water partition coefficient (Wildman–Crippen LogP) is 2.79. The topological polar surface area (TPSA) is 62.7 Å². The van der Waals surface area contributed by atoms with Crippen LogP contribution in [0.15, 0.2) is 48.8 Å². The zero-order valence-corrected chi connectivity index (χ0v) is 16.3. The lowest BCUT2D eigenvalue weighted by atomic mass is 10.1. The fourth-order valence-electron chi connectivity index (χ4n) is 3.26. The molecule has 1 aromatic carbocycles. The van der Waals surface area contributed by atoms with Crippen molar-refractivity contribution in [2.75, 3.05) is 32.8 Å². The van der Waals surface area contributed by atoms with Crippen LogP contribution in [-0.4, -0.2) is 59.3 Å². The lowest BCUT2D eigenvalue weighted by Crippen LogP contribution is -2.48. The maximum atomic E-state index is 12.4. The number of hydrogen-bond donors (Lipinski definition) is 0. The Morgan fingerprint density at radius 2 is 1.68 bits per heavy atom. The monoisotopic (exact) mass is 381 g/mol. The molecule has 0 atom stereocenters. The van der Waals surface area contributed by atoms with Crippen molar-refractivity contribution in [1.82, 2.24) is 14.8 Å². The average Bonchev–Trinajstić information content (AvgIpc) is 2.72. The second-order valence-electron chi connectivity index (χ2n) is 7.04. The summed E-state index contributed by atoms with van der Waals surface area (Å²) in [6.07, 6.45) is 4.81. The Labute approximate surface area is 166 Å². The van der Waals surface area contributed by atoms with Crippen molar-refractivity contribution in [2.45, 2.75) is 26.3 Å². The van der Waals surface area contributed by atoms with Crippen LogP contribution in [0.1, 0.15) is 35.7 Å². The molecule has 1 aliphatic heterocycles. The molecular weight excluding hydrogens is 354 g/mol. The number of benzene rings is 1. The first kappa shape index (κ1) is 20.0. The minimum absolute atomic E-state index is 0.0398. The van der Waals surface area contributed by atoms with E-state index in [0.29, 0.717) is 25.0 Å².